The van der Waals surface area contributed by atoms with Crippen LogP contribution in [-0.2, 0) is 11.3 Å². The maximum Gasteiger partial charge on any atom is 0.269 e. The largest absolute Gasteiger partial charge is 0.383 e. The molecule has 0 atom stereocenters. The van der Waals surface area contributed by atoms with Gasteiger partial charge in [0.2, 0.25) is 0 Å². The molecular formula is C10H15N3O2. The Morgan fingerprint density at radius 3 is 2.93 bits per heavy atom. The molecule has 0 fully saturated rings. The van der Waals surface area contributed by atoms with E-state index in [-0.39, 0.29) is 5.91 Å². The van der Waals surface area contributed by atoms with Gasteiger partial charge in [-0.25, -0.2) is 0 Å². The molecule has 0 saturated carbocycles. The van der Waals surface area contributed by atoms with E-state index >= 15 is 0 Å². The van der Waals surface area contributed by atoms with Crippen molar-refractivity contribution in [2.75, 3.05) is 20.3 Å². The lowest BCUT2D eigenvalue weighted by Gasteiger charge is -2.04. The van der Waals surface area contributed by atoms with Crippen LogP contribution in [0.2, 0.25) is 0 Å². The highest BCUT2D eigenvalue weighted by atomic mass is 16.5. The topological polar surface area (TPSA) is 77.2 Å². The molecule has 1 heterocycles. The molecule has 0 aromatic carbocycles. The summed E-state index contributed by atoms with van der Waals surface area (Å²) in [6.45, 7) is 1.40. The van der Waals surface area contributed by atoms with Gasteiger partial charge in [0.15, 0.2) is 0 Å². The zero-order valence-electron chi connectivity index (χ0n) is 8.69. The highest BCUT2D eigenvalue weighted by molar-refractivity contribution is 5.92. The normalized spacial score (nSPS) is 10.0. The van der Waals surface area contributed by atoms with E-state index in [0.717, 1.165) is 5.56 Å². The molecule has 1 rings (SSSR count). The molecule has 5 nitrogen and oxygen atoms in total. The van der Waals surface area contributed by atoms with Crippen LogP contribution in [0.4, 0.5) is 0 Å². The second kappa shape index (κ2) is 6.10. The molecule has 5 heteroatoms. The number of rotatable bonds is 5. The summed E-state index contributed by atoms with van der Waals surface area (Å²) in [4.78, 5) is 15.5. The number of carbonyl (C=O) groups excluding carboxylic acids is 1. The Bertz CT molecular complexity index is 311. The zero-order chi connectivity index (χ0) is 11.1. The summed E-state index contributed by atoms with van der Waals surface area (Å²) < 4.78 is 4.81. The monoisotopic (exact) mass is 209 g/mol. The Labute approximate surface area is 88.6 Å². The van der Waals surface area contributed by atoms with Gasteiger partial charge in [-0.2, -0.15) is 0 Å². The van der Waals surface area contributed by atoms with E-state index in [1.165, 1.54) is 0 Å². The fourth-order valence-electron chi connectivity index (χ4n) is 1.04. The number of carbonyl (C=O) groups is 1. The van der Waals surface area contributed by atoms with Gasteiger partial charge in [-0.05, 0) is 11.6 Å². The number of methoxy groups -OCH3 is 1. The van der Waals surface area contributed by atoms with Crippen LogP contribution in [0, 0.1) is 0 Å². The number of nitrogens with two attached hydrogens (primary N) is 1. The van der Waals surface area contributed by atoms with E-state index in [0.29, 0.717) is 25.4 Å². The SMILES string of the molecule is COCCNC(=O)c1ccc(CN)cn1. The zero-order valence-corrected chi connectivity index (χ0v) is 8.69. The molecule has 1 aromatic heterocycles. The number of ether oxygens (including phenoxy) is 1. The summed E-state index contributed by atoms with van der Waals surface area (Å²) in [5, 5.41) is 2.68. The van der Waals surface area contributed by atoms with Crippen molar-refractivity contribution in [1.82, 2.24) is 10.3 Å². The third-order valence-electron chi connectivity index (χ3n) is 1.88. The first-order valence-electron chi connectivity index (χ1n) is 4.70. The highest BCUT2D eigenvalue weighted by Gasteiger charge is 2.05. The fraction of sp³-hybridized carbons (Fsp3) is 0.400. The second-order valence-electron chi connectivity index (χ2n) is 3.00. The van der Waals surface area contributed by atoms with Crippen molar-refractivity contribution in [2.24, 2.45) is 5.73 Å². The smallest absolute Gasteiger partial charge is 0.269 e. The number of hydrogen-bond acceptors (Lipinski definition) is 4. The Kier molecular flexibility index (Phi) is 4.73. The fourth-order valence-corrected chi connectivity index (χ4v) is 1.04. The Balaban J connectivity index is 2.50. The van der Waals surface area contributed by atoms with Gasteiger partial charge < -0.3 is 15.8 Å². The van der Waals surface area contributed by atoms with Crippen molar-refractivity contribution in [3.8, 4) is 0 Å². The minimum Gasteiger partial charge on any atom is -0.383 e. The lowest BCUT2D eigenvalue weighted by Crippen LogP contribution is -2.27. The molecule has 0 saturated heterocycles. The standard InChI is InChI=1S/C10H15N3O2/c1-15-5-4-12-10(14)9-3-2-8(6-11)7-13-9/h2-3,7H,4-6,11H2,1H3,(H,12,14). The van der Waals surface area contributed by atoms with Gasteiger partial charge in [-0.1, -0.05) is 6.07 Å². The Morgan fingerprint density at radius 2 is 2.40 bits per heavy atom. The third kappa shape index (κ3) is 3.65. The van der Waals surface area contributed by atoms with Crippen molar-refractivity contribution >= 4 is 5.91 Å². The average Bonchev–Trinajstić information content (AvgIpc) is 2.29. The molecule has 0 radical (unpaired) electrons. The molecule has 82 valence electrons. The minimum atomic E-state index is -0.198. The summed E-state index contributed by atoms with van der Waals surface area (Å²) in [5.74, 6) is -0.198. The predicted molar refractivity (Wildman–Crippen MR) is 56.3 cm³/mol. The highest BCUT2D eigenvalue weighted by Crippen LogP contribution is 1.98. The van der Waals surface area contributed by atoms with E-state index in [1.807, 2.05) is 0 Å². The van der Waals surface area contributed by atoms with Crippen LogP contribution in [-0.4, -0.2) is 31.2 Å². The first kappa shape index (κ1) is 11.6. The maximum atomic E-state index is 11.5. The van der Waals surface area contributed by atoms with Crippen LogP contribution < -0.4 is 11.1 Å². The van der Waals surface area contributed by atoms with Crippen LogP contribution in [0.1, 0.15) is 16.1 Å². The van der Waals surface area contributed by atoms with Gasteiger partial charge in [0.05, 0.1) is 6.61 Å². The van der Waals surface area contributed by atoms with Crippen molar-refractivity contribution in [1.29, 1.82) is 0 Å². The lowest BCUT2D eigenvalue weighted by atomic mass is 10.2. The van der Waals surface area contributed by atoms with Crippen LogP contribution >= 0.6 is 0 Å². The molecule has 1 amide bonds. The third-order valence-corrected chi connectivity index (χ3v) is 1.88. The summed E-state index contributed by atoms with van der Waals surface area (Å²) in [6.07, 6.45) is 1.60. The summed E-state index contributed by atoms with van der Waals surface area (Å²) in [6, 6.07) is 3.45. The first-order chi connectivity index (χ1) is 7.27. The quantitative estimate of drug-likeness (QED) is 0.665. The van der Waals surface area contributed by atoms with Gasteiger partial charge in [-0.15, -0.1) is 0 Å². The molecular weight excluding hydrogens is 194 g/mol. The van der Waals surface area contributed by atoms with E-state index in [2.05, 4.69) is 10.3 Å². The second-order valence-corrected chi connectivity index (χ2v) is 3.00. The van der Waals surface area contributed by atoms with Gasteiger partial charge in [0, 0.05) is 26.4 Å². The van der Waals surface area contributed by atoms with Crippen molar-refractivity contribution in [3.05, 3.63) is 29.6 Å². The van der Waals surface area contributed by atoms with Crippen LogP contribution in [0.3, 0.4) is 0 Å². The molecule has 0 bridgehead atoms. The summed E-state index contributed by atoms with van der Waals surface area (Å²) in [5.41, 5.74) is 6.72. The molecule has 0 spiro atoms. The molecule has 0 aliphatic heterocycles. The molecule has 0 aliphatic carbocycles. The number of hydrogen-bond donors (Lipinski definition) is 2. The van der Waals surface area contributed by atoms with E-state index in [1.54, 1.807) is 25.4 Å². The lowest BCUT2D eigenvalue weighted by molar-refractivity contribution is 0.0932. The van der Waals surface area contributed by atoms with Crippen molar-refractivity contribution < 1.29 is 9.53 Å². The Morgan fingerprint density at radius 1 is 1.60 bits per heavy atom. The molecule has 0 aliphatic rings. The van der Waals surface area contributed by atoms with Crippen LogP contribution in [0.5, 0.6) is 0 Å². The predicted octanol–water partition coefficient (Wildman–Crippen LogP) is -0.0835. The molecule has 15 heavy (non-hydrogen) atoms. The van der Waals surface area contributed by atoms with E-state index < -0.39 is 0 Å². The van der Waals surface area contributed by atoms with Crippen molar-refractivity contribution in [2.45, 2.75) is 6.54 Å². The minimum absolute atomic E-state index is 0.198. The van der Waals surface area contributed by atoms with Gasteiger partial charge >= 0.3 is 0 Å². The van der Waals surface area contributed by atoms with Crippen molar-refractivity contribution in [3.63, 3.8) is 0 Å². The molecule has 0 unspecified atom stereocenters. The summed E-state index contributed by atoms with van der Waals surface area (Å²) >= 11 is 0. The maximum absolute atomic E-state index is 11.5. The number of nitrogens with one attached hydrogen (secondary N) is 1. The van der Waals surface area contributed by atoms with Crippen LogP contribution in [0.25, 0.3) is 0 Å². The number of pyridine rings is 1. The van der Waals surface area contributed by atoms with Gasteiger partial charge in [0.1, 0.15) is 5.69 Å². The number of nitrogens with zero attached hydrogens (tertiary/aromatic N) is 1. The average molecular weight is 209 g/mol. The van der Waals surface area contributed by atoms with Gasteiger partial charge in [0.25, 0.3) is 5.91 Å². The summed E-state index contributed by atoms with van der Waals surface area (Å²) in [7, 11) is 1.58. The van der Waals surface area contributed by atoms with E-state index in [4.69, 9.17) is 10.5 Å². The Hall–Kier alpha value is -1.46. The van der Waals surface area contributed by atoms with E-state index in [9.17, 15) is 4.79 Å². The van der Waals surface area contributed by atoms with Gasteiger partial charge in [-0.3, -0.25) is 9.78 Å². The molecule has 3 N–H and O–H groups in total. The van der Waals surface area contributed by atoms with Crippen LogP contribution in [0.15, 0.2) is 18.3 Å². The first-order valence-corrected chi connectivity index (χ1v) is 4.70. The molecule has 1 aromatic rings. The number of aromatic nitrogens is 1. The number of amides is 1.